The average molecular weight is 284 g/mol. The van der Waals surface area contributed by atoms with Gasteiger partial charge in [-0.15, -0.1) is 0 Å². The number of hydrogen-bond donors (Lipinski definition) is 4. The zero-order chi connectivity index (χ0) is 14.7. The highest BCUT2D eigenvalue weighted by atomic mass is 16.7. The molecule has 1 aliphatic rings. The minimum absolute atomic E-state index is 0.0268. The number of ether oxygens (including phenoxy) is 2. The van der Waals surface area contributed by atoms with E-state index in [0.717, 1.165) is 5.56 Å². The van der Waals surface area contributed by atoms with E-state index in [-0.39, 0.29) is 6.61 Å². The number of esters is 1. The molecule has 7 nitrogen and oxygen atoms in total. The molecule has 4 N–H and O–H groups in total. The van der Waals surface area contributed by atoms with Crippen LogP contribution < -0.4 is 0 Å². The summed E-state index contributed by atoms with van der Waals surface area (Å²) in [7, 11) is 0. The molecule has 0 saturated carbocycles. The lowest BCUT2D eigenvalue weighted by molar-refractivity contribution is -0.281. The van der Waals surface area contributed by atoms with Crippen LogP contribution in [0.3, 0.4) is 0 Å². The van der Waals surface area contributed by atoms with E-state index in [4.69, 9.17) is 9.47 Å². The van der Waals surface area contributed by atoms with Crippen LogP contribution in [0.25, 0.3) is 0 Å². The fraction of sp³-hybridized carbons (Fsp3) is 0.462. The summed E-state index contributed by atoms with van der Waals surface area (Å²) in [6.07, 6.45) is -8.34. The summed E-state index contributed by atoms with van der Waals surface area (Å²) >= 11 is 0. The number of benzene rings is 1. The molecule has 3 unspecified atom stereocenters. The van der Waals surface area contributed by atoms with Crippen molar-refractivity contribution in [2.45, 2.75) is 37.3 Å². The van der Waals surface area contributed by atoms with E-state index in [1.165, 1.54) is 0 Å². The topological polar surface area (TPSA) is 116 Å². The minimum atomic E-state index is -1.76. The third-order valence-electron chi connectivity index (χ3n) is 3.04. The molecular formula is C13H16O7. The highest BCUT2D eigenvalue weighted by molar-refractivity contribution is 5.75. The van der Waals surface area contributed by atoms with Crippen LogP contribution in [0, 0.1) is 0 Å². The van der Waals surface area contributed by atoms with Crippen LogP contribution in [0.15, 0.2) is 30.3 Å². The molecule has 0 bridgehead atoms. The number of carbonyl (C=O) groups excluding carboxylic acids is 1. The van der Waals surface area contributed by atoms with Gasteiger partial charge in [-0.25, -0.2) is 4.79 Å². The Kier molecular flexibility index (Phi) is 4.69. The van der Waals surface area contributed by atoms with Crippen LogP contribution in [0.1, 0.15) is 5.56 Å². The van der Waals surface area contributed by atoms with Crippen molar-refractivity contribution in [3.8, 4) is 0 Å². The maximum Gasteiger partial charge on any atom is 0.338 e. The zero-order valence-corrected chi connectivity index (χ0v) is 10.5. The lowest BCUT2D eigenvalue weighted by Gasteiger charge is -2.36. The molecule has 1 aliphatic heterocycles. The van der Waals surface area contributed by atoms with Crippen molar-refractivity contribution in [2.24, 2.45) is 0 Å². The van der Waals surface area contributed by atoms with Gasteiger partial charge in [0.25, 0.3) is 0 Å². The number of aliphatic hydroxyl groups excluding tert-OH is 4. The van der Waals surface area contributed by atoms with Crippen molar-refractivity contribution < 1.29 is 34.7 Å². The van der Waals surface area contributed by atoms with Crippen LogP contribution in [0.2, 0.25) is 0 Å². The number of carbonyl (C=O) groups is 1. The predicted octanol–water partition coefficient (Wildman–Crippen LogP) is -1.47. The van der Waals surface area contributed by atoms with Crippen molar-refractivity contribution in [1.29, 1.82) is 0 Å². The molecule has 20 heavy (non-hydrogen) atoms. The molecule has 1 fully saturated rings. The van der Waals surface area contributed by atoms with Crippen LogP contribution in [0.5, 0.6) is 0 Å². The van der Waals surface area contributed by atoms with E-state index in [0.29, 0.717) is 0 Å². The second kappa shape index (κ2) is 6.29. The maximum absolute atomic E-state index is 11.8. The van der Waals surface area contributed by atoms with Gasteiger partial charge in [-0.1, -0.05) is 30.3 Å². The molecular weight excluding hydrogens is 268 g/mol. The van der Waals surface area contributed by atoms with Gasteiger partial charge in [0.05, 0.1) is 0 Å². The molecule has 5 atom stereocenters. The summed E-state index contributed by atoms with van der Waals surface area (Å²) in [5.41, 5.74) is 0.743. The maximum atomic E-state index is 11.8. The molecule has 1 aromatic rings. The molecule has 7 heteroatoms. The van der Waals surface area contributed by atoms with Crippen LogP contribution in [0.4, 0.5) is 0 Å². The fourth-order valence-corrected chi connectivity index (χ4v) is 1.87. The first-order valence-electron chi connectivity index (χ1n) is 6.09. The predicted molar refractivity (Wildman–Crippen MR) is 65.1 cm³/mol. The Morgan fingerprint density at radius 2 is 1.70 bits per heavy atom. The second-order valence-corrected chi connectivity index (χ2v) is 4.51. The fourth-order valence-electron chi connectivity index (χ4n) is 1.87. The second-order valence-electron chi connectivity index (χ2n) is 4.51. The molecule has 1 heterocycles. The highest BCUT2D eigenvalue weighted by Gasteiger charge is 2.46. The summed E-state index contributed by atoms with van der Waals surface area (Å²) in [6, 6.07) is 8.86. The van der Waals surface area contributed by atoms with Crippen LogP contribution >= 0.6 is 0 Å². The van der Waals surface area contributed by atoms with E-state index < -0.39 is 36.7 Å². The van der Waals surface area contributed by atoms with Gasteiger partial charge in [0.1, 0.15) is 24.9 Å². The Bertz CT molecular complexity index is 449. The largest absolute Gasteiger partial charge is 0.459 e. The summed E-state index contributed by atoms with van der Waals surface area (Å²) < 4.78 is 9.69. The SMILES string of the molecule is O=C(OCc1ccccc1)C1O[C@@H](O)C(O)C(O)[C@@H]1O. The van der Waals surface area contributed by atoms with Crippen molar-refractivity contribution >= 4 is 5.97 Å². The van der Waals surface area contributed by atoms with Gasteiger partial charge in [-0.2, -0.15) is 0 Å². The van der Waals surface area contributed by atoms with Crippen molar-refractivity contribution in [3.05, 3.63) is 35.9 Å². The van der Waals surface area contributed by atoms with Gasteiger partial charge in [0.15, 0.2) is 12.4 Å². The Hall–Kier alpha value is -1.51. The summed E-state index contributed by atoms with van der Waals surface area (Å²) in [5, 5.41) is 37.7. The van der Waals surface area contributed by atoms with E-state index in [9.17, 15) is 25.2 Å². The first kappa shape index (κ1) is 14.9. The summed E-state index contributed by atoms with van der Waals surface area (Å²) in [5.74, 6) is -0.925. The average Bonchev–Trinajstić information content (AvgIpc) is 2.47. The van der Waals surface area contributed by atoms with Crippen LogP contribution in [-0.2, 0) is 20.9 Å². The van der Waals surface area contributed by atoms with E-state index in [1.54, 1.807) is 24.3 Å². The Morgan fingerprint density at radius 3 is 2.35 bits per heavy atom. The van der Waals surface area contributed by atoms with Gasteiger partial charge in [0, 0.05) is 0 Å². The van der Waals surface area contributed by atoms with Gasteiger partial charge < -0.3 is 29.9 Å². The van der Waals surface area contributed by atoms with E-state index >= 15 is 0 Å². The number of hydrogen-bond acceptors (Lipinski definition) is 7. The summed E-state index contributed by atoms with van der Waals surface area (Å²) in [6.45, 7) is -0.0268. The Balaban J connectivity index is 1.95. The Morgan fingerprint density at radius 1 is 1.05 bits per heavy atom. The number of rotatable bonds is 3. The third-order valence-corrected chi connectivity index (χ3v) is 3.04. The molecule has 0 aliphatic carbocycles. The minimum Gasteiger partial charge on any atom is -0.459 e. The highest BCUT2D eigenvalue weighted by Crippen LogP contribution is 2.21. The first-order valence-corrected chi connectivity index (χ1v) is 6.09. The third kappa shape index (κ3) is 3.14. The van der Waals surface area contributed by atoms with Crippen molar-refractivity contribution in [1.82, 2.24) is 0 Å². The smallest absolute Gasteiger partial charge is 0.338 e. The van der Waals surface area contributed by atoms with Gasteiger partial charge in [-0.05, 0) is 5.56 Å². The molecule has 1 aromatic carbocycles. The lowest BCUT2D eigenvalue weighted by atomic mass is 9.99. The van der Waals surface area contributed by atoms with Crippen molar-refractivity contribution in [3.63, 3.8) is 0 Å². The van der Waals surface area contributed by atoms with Gasteiger partial charge in [0.2, 0.25) is 0 Å². The summed E-state index contributed by atoms with van der Waals surface area (Å²) in [4.78, 5) is 11.8. The monoisotopic (exact) mass is 284 g/mol. The molecule has 0 aromatic heterocycles. The molecule has 1 saturated heterocycles. The van der Waals surface area contributed by atoms with Crippen molar-refractivity contribution in [2.75, 3.05) is 0 Å². The molecule has 110 valence electrons. The zero-order valence-electron chi connectivity index (χ0n) is 10.5. The molecule has 0 amide bonds. The van der Waals surface area contributed by atoms with Gasteiger partial charge in [-0.3, -0.25) is 0 Å². The van der Waals surface area contributed by atoms with Gasteiger partial charge >= 0.3 is 5.97 Å². The standard InChI is InChI=1S/C13H16O7/c14-8-9(15)11(20-12(17)10(8)16)13(18)19-6-7-4-2-1-3-5-7/h1-5,8-12,14-17H,6H2/t8?,9-,10?,11?,12+/m0/s1. The number of aliphatic hydroxyl groups is 4. The quantitative estimate of drug-likeness (QED) is 0.501. The molecule has 0 spiro atoms. The molecule has 0 radical (unpaired) electrons. The normalized spacial score (nSPS) is 33.7. The van der Waals surface area contributed by atoms with E-state index in [2.05, 4.69) is 0 Å². The first-order chi connectivity index (χ1) is 9.50. The lowest BCUT2D eigenvalue weighted by Crippen LogP contribution is -2.59. The van der Waals surface area contributed by atoms with E-state index in [1.807, 2.05) is 6.07 Å². The van der Waals surface area contributed by atoms with Crippen LogP contribution in [-0.4, -0.2) is 57.1 Å². The molecule has 2 rings (SSSR count). The Labute approximate surface area is 115 Å².